The monoisotopic (exact) mass is 297 g/mol. The average Bonchev–Trinajstić information content (AvgIpc) is 2.47. The highest BCUT2D eigenvalue weighted by molar-refractivity contribution is 5.92. The van der Waals surface area contributed by atoms with Crippen LogP contribution in [-0.4, -0.2) is 6.03 Å². The van der Waals surface area contributed by atoms with E-state index in [1.54, 1.807) is 12.1 Å². The summed E-state index contributed by atoms with van der Waals surface area (Å²) < 4.78 is 0. The zero-order valence-corrected chi connectivity index (χ0v) is 13.3. The van der Waals surface area contributed by atoms with Crippen molar-refractivity contribution in [3.63, 3.8) is 0 Å². The molecule has 0 saturated carbocycles. The molecule has 0 aliphatic carbocycles. The van der Waals surface area contributed by atoms with Crippen molar-refractivity contribution in [2.75, 3.05) is 11.1 Å². The highest BCUT2D eigenvalue weighted by Crippen LogP contribution is 2.32. The summed E-state index contributed by atoms with van der Waals surface area (Å²) in [6, 6.07) is 16.8. The summed E-state index contributed by atoms with van der Waals surface area (Å²) in [5.74, 6) is 0. The van der Waals surface area contributed by atoms with Gasteiger partial charge in [0.1, 0.15) is 0 Å². The lowest BCUT2D eigenvalue weighted by atomic mass is 9.82. The first-order valence-electron chi connectivity index (χ1n) is 7.35. The molecular weight excluding hydrogens is 274 g/mol. The zero-order valence-electron chi connectivity index (χ0n) is 13.3. The molecule has 0 aliphatic heterocycles. The van der Waals surface area contributed by atoms with E-state index in [1.807, 2.05) is 42.5 Å². The largest absolute Gasteiger partial charge is 0.397 e. The Morgan fingerprint density at radius 3 is 2.18 bits per heavy atom. The lowest BCUT2D eigenvalue weighted by molar-refractivity contribution is 0.229. The quantitative estimate of drug-likeness (QED) is 0.744. The molecule has 2 aromatic carbocycles. The van der Waals surface area contributed by atoms with Crippen LogP contribution in [0.3, 0.4) is 0 Å². The van der Waals surface area contributed by atoms with E-state index in [9.17, 15) is 4.79 Å². The number of nitrogens with one attached hydrogen (secondary N) is 2. The lowest BCUT2D eigenvalue weighted by Gasteiger charge is -2.32. The Hall–Kier alpha value is -2.49. The van der Waals surface area contributed by atoms with E-state index in [-0.39, 0.29) is 17.5 Å². The van der Waals surface area contributed by atoms with Crippen LogP contribution in [0.1, 0.15) is 32.4 Å². The predicted octanol–water partition coefficient (Wildman–Crippen LogP) is 4.18. The predicted molar refractivity (Wildman–Crippen MR) is 91.6 cm³/mol. The van der Waals surface area contributed by atoms with Gasteiger partial charge >= 0.3 is 6.03 Å². The normalized spacial score (nSPS) is 12.5. The molecule has 4 nitrogen and oxygen atoms in total. The molecule has 0 spiro atoms. The third-order valence-corrected chi connectivity index (χ3v) is 3.48. The molecule has 0 unspecified atom stereocenters. The molecule has 116 valence electrons. The molecule has 2 amide bonds. The first-order chi connectivity index (χ1) is 10.4. The Labute approximate surface area is 131 Å². The fourth-order valence-corrected chi connectivity index (χ4v) is 2.35. The second-order valence-corrected chi connectivity index (χ2v) is 6.40. The minimum atomic E-state index is -0.262. The molecular formula is C18H23N3O. The Morgan fingerprint density at radius 1 is 1.00 bits per heavy atom. The number of benzene rings is 2. The number of carbonyl (C=O) groups excluding carboxylic acids is 1. The van der Waals surface area contributed by atoms with Crippen LogP contribution < -0.4 is 16.4 Å². The van der Waals surface area contributed by atoms with Gasteiger partial charge in [-0.25, -0.2) is 4.79 Å². The smallest absolute Gasteiger partial charge is 0.319 e. The molecule has 4 N–H and O–H groups in total. The van der Waals surface area contributed by atoms with Crippen molar-refractivity contribution in [3.8, 4) is 0 Å². The number of nitrogens with two attached hydrogens (primary N) is 1. The fourth-order valence-electron chi connectivity index (χ4n) is 2.35. The molecule has 0 saturated heterocycles. The van der Waals surface area contributed by atoms with Crippen molar-refractivity contribution < 1.29 is 4.79 Å². The van der Waals surface area contributed by atoms with Gasteiger partial charge in [-0.15, -0.1) is 0 Å². The number of rotatable bonds is 3. The van der Waals surface area contributed by atoms with Crippen molar-refractivity contribution in [2.45, 2.75) is 26.8 Å². The van der Waals surface area contributed by atoms with Gasteiger partial charge in [0.15, 0.2) is 0 Å². The molecule has 0 radical (unpaired) electrons. The fraction of sp³-hybridized carbons (Fsp3) is 0.278. The van der Waals surface area contributed by atoms with Gasteiger partial charge in [0.25, 0.3) is 0 Å². The molecule has 2 rings (SSSR count). The Balaban J connectivity index is 2.14. The van der Waals surface area contributed by atoms with Crippen molar-refractivity contribution in [3.05, 3.63) is 60.2 Å². The summed E-state index contributed by atoms with van der Waals surface area (Å²) in [6.45, 7) is 6.30. The van der Waals surface area contributed by atoms with Crippen LogP contribution in [0.4, 0.5) is 16.2 Å². The van der Waals surface area contributed by atoms with Gasteiger partial charge in [0.2, 0.25) is 0 Å². The zero-order chi connectivity index (χ0) is 16.2. The third-order valence-electron chi connectivity index (χ3n) is 3.48. The molecule has 2 aromatic rings. The average molecular weight is 297 g/mol. The number of carbonyl (C=O) groups is 1. The third kappa shape index (κ3) is 4.01. The summed E-state index contributed by atoms with van der Waals surface area (Å²) in [7, 11) is 0. The number of anilines is 2. The molecule has 0 fully saturated rings. The van der Waals surface area contributed by atoms with Crippen molar-refractivity contribution >= 4 is 17.4 Å². The van der Waals surface area contributed by atoms with E-state index in [4.69, 9.17) is 5.73 Å². The summed E-state index contributed by atoms with van der Waals surface area (Å²) in [5, 5.41) is 5.85. The highest BCUT2D eigenvalue weighted by atomic mass is 16.2. The summed E-state index contributed by atoms with van der Waals surface area (Å²) >= 11 is 0. The van der Waals surface area contributed by atoms with E-state index >= 15 is 0 Å². The van der Waals surface area contributed by atoms with Crippen LogP contribution in [0.2, 0.25) is 0 Å². The maximum atomic E-state index is 12.3. The minimum absolute atomic E-state index is 0.0985. The number of urea groups is 1. The van der Waals surface area contributed by atoms with Gasteiger partial charge in [0.05, 0.1) is 17.4 Å². The van der Waals surface area contributed by atoms with Crippen LogP contribution in [0, 0.1) is 5.41 Å². The molecule has 22 heavy (non-hydrogen) atoms. The van der Waals surface area contributed by atoms with E-state index < -0.39 is 0 Å². The summed E-state index contributed by atoms with van der Waals surface area (Å²) in [4.78, 5) is 12.3. The van der Waals surface area contributed by atoms with Gasteiger partial charge in [-0.05, 0) is 23.1 Å². The summed E-state index contributed by atoms with van der Waals surface area (Å²) in [6.07, 6.45) is 0. The van der Waals surface area contributed by atoms with Crippen LogP contribution in [0.5, 0.6) is 0 Å². The number of nitrogen functional groups attached to an aromatic ring is 1. The van der Waals surface area contributed by atoms with Gasteiger partial charge in [-0.1, -0.05) is 63.2 Å². The van der Waals surface area contributed by atoms with Gasteiger partial charge in [-0.3, -0.25) is 0 Å². The molecule has 0 aromatic heterocycles. The van der Waals surface area contributed by atoms with Crippen molar-refractivity contribution in [1.82, 2.24) is 5.32 Å². The highest BCUT2D eigenvalue weighted by Gasteiger charge is 2.27. The van der Waals surface area contributed by atoms with Crippen LogP contribution in [-0.2, 0) is 0 Å². The second-order valence-electron chi connectivity index (χ2n) is 6.40. The van der Waals surface area contributed by atoms with Crippen LogP contribution in [0.25, 0.3) is 0 Å². The van der Waals surface area contributed by atoms with E-state index in [0.29, 0.717) is 11.4 Å². The van der Waals surface area contributed by atoms with Gasteiger partial charge in [0, 0.05) is 0 Å². The Morgan fingerprint density at radius 2 is 1.59 bits per heavy atom. The van der Waals surface area contributed by atoms with Crippen LogP contribution >= 0.6 is 0 Å². The molecule has 4 heteroatoms. The van der Waals surface area contributed by atoms with Crippen molar-refractivity contribution in [2.24, 2.45) is 5.41 Å². The molecule has 0 aliphatic rings. The van der Waals surface area contributed by atoms with Gasteiger partial charge in [-0.2, -0.15) is 0 Å². The molecule has 0 heterocycles. The first kappa shape index (κ1) is 15.9. The number of hydrogen-bond acceptors (Lipinski definition) is 2. The molecule has 1 atom stereocenters. The number of hydrogen-bond donors (Lipinski definition) is 3. The standard InChI is InChI=1S/C18H23N3O/c1-18(2,3)16(13-9-5-4-6-10-13)21-17(22)20-15-12-8-7-11-14(15)19/h4-12,16H,19H2,1-3H3,(H2,20,21,22)/t16-/m0/s1. The van der Waals surface area contributed by atoms with Crippen LogP contribution in [0.15, 0.2) is 54.6 Å². The number of para-hydroxylation sites is 2. The topological polar surface area (TPSA) is 67.2 Å². The van der Waals surface area contributed by atoms with Crippen molar-refractivity contribution in [1.29, 1.82) is 0 Å². The van der Waals surface area contributed by atoms with E-state index in [0.717, 1.165) is 5.56 Å². The summed E-state index contributed by atoms with van der Waals surface area (Å²) in [5.41, 5.74) is 7.98. The van der Waals surface area contributed by atoms with Gasteiger partial charge < -0.3 is 16.4 Å². The Kier molecular flexibility index (Phi) is 4.71. The van der Waals surface area contributed by atoms with E-state index in [2.05, 4.69) is 31.4 Å². The maximum absolute atomic E-state index is 12.3. The first-order valence-corrected chi connectivity index (χ1v) is 7.35. The number of amides is 2. The second kappa shape index (κ2) is 6.52. The molecule has 0 bridgehead atoms. The van der Waals surface area contributed by atoms with E-state index in [1.165, 1.54) is 0 Å². The minimum Gasteiger partial charge on any atom is -0.397 e. The lowest BCUT2D eigenvalue weighted by Crippen LogP contribution is -2.39. The maximum Gasteiger partial charge on any atom is 0.319 e. The SMILES string of the molecule is CC(C)(C)[C@@H](NC(=O)Nc1ccccc1N)c1ccccc1. The Bertz CT molecular complexity index is 632.